The van der Waals surface area contributed by atoms with Gasteiger partial charge in [-0.25, -0.2) is 4.52 Å². The van der Waals surface area contributed by atoms with Crippen LogP contribution >= 0.6 is 0 Å². The van der Waals surface area contributed by atoms with Crippen LogP contribution in [-0.2, 0) is 13.1 Å². The number of nitrogens with zero attached hydrogens (tertiary/aromatic N) is 4. The molecule has 0 radical (unpaired) electrons. The molecule has 1 amide bonds. The van der Waals surface area contributed by atoms with Crippen LogP contribution in [0.5, 0.6) is 0 Å². The summed E-state index contributed by atoms with van der Waals surface area (Å²) in [6.45, 7) is 6.68. The van der Waals surface area contributed by atoms with Crippen LogP contribution in [0, 0.1) is 13.8 Å². The first-order valence-corrected chi connectivity index (χ1v) is 10.9. The molecule has 0 saturated heterocycles. The lowest BCUT2D eigenvalue weighted by Gasteiger charge is -2.09. The summed E-state index contributed by atoms with van der Waals surface area (Å²) in [4.78, 5) is 28.9. The van der Waals surface area contributed by atoms with Gasteiger partial charge < -0.3 is 10.3 Å². The van der Waals surface area contributed by atoms with E-state index in [4.69, 9.17) is 0 Å². The molecule has 0 unspecified atom stereocenters. The van der Waals surface area contributed by atoms with Gasteiger partial charge >= 0.3 is 0 Å². The Kier molecular flexibility index (Phi) is 5.05. The minimum absolute atomic E-state index is 0.238. The maximum Gasteiger partial charge on any atom is 0.274 e. The van der Waals surface area contributed by atoms with Gasteiger partial charge in [-0.05, 0) is 43.7 Å². The number of nitrogens with one attached hydrogen (secondary N) is 2. The molecule has 0 bridgehead atoms. The van der Waals surface area contributed by atoms with E-state index in [2.05, 4.69) is 20.5 Å². The number of hydrogen-bond acceptors (Lipinski definition) is 4. The zero-order valence-corrected chi connectivity index (χ0v) is 18.7. The Labute approximate surface area is 189 Å². The van der Waals surface area contributed by atoms with E-state index in [-0.39, 0.29) is 17.2 Å². The molecule has 166 valence electrons. The van der Waals surface area contributed by atoms with E-state index >= 15 is 0 Å². The molecule has 0 aliphatic heterocycles. The van der Waals surface area contributed by atoms with Gasteiger partial charge in [-0.3, -0.25) is 14.3 Å². The summed E-state index contributed by atoms with van der Waals surface area (Å²) < 4.78 is 3.39. The van der Waals surface area contributed by atoms with Crippen molar-refractivity contribution in [2.24, 2.45) is 0 Å². The van der Waals surface area contributed by atoms with Gasteiger partial charge in [0.2, 0.25) is 0 Å². The van der Waals surface area contributed by atoms with Gasteiger partial charge in [-0.15, -0.1) is 0 Å². The van der Waals surface area contributed by atoms with Crippen LogP contribution < -0.4 is 10.9 Å². The van der Waals surface area contributed by atoms with E-state index in [9.17, 15) is 9.59 Å². The highest BCUT2D eigenvalue weighted by atomic mass is 16.2. The van der Waals surface area contributed by atoms with Crippen LogP contribution in [-0.4, -0.2) is 30.3 Å². The first kappa shape index (κ1) is 20.7. The topological polar surface area (TPSA) is 97.1 Å². The Morgan fingerprint density at radius 1 is 1.09 bits per heavy atom. The number of carbonyl (C=O) groups is 1. The fraction of sp³-hybridized carbons (Fsp3) is 0.200. The second-order valence-electron chi connectivity index (χ2n) is 8.03. The first-order valence-electron chi connectivity index (χ1n) is 10.9. The molecule has 8 heteroatoms. The molecule has 0 atom stereocenters. The van der Waals surface area contributed by atoms with Crippen molar-refractivity contribution in [1.29, 1.82) is 0 Å². The normalized spacial score (nSPS) is 11.4. The van der Waals surface area contributed by atoms with E-state index in [0.29, 0.717) is 23.3 Å². The van der Waals surface area contributed by atoms with E-state index in [1.54, 1.807) is 17.6 Å². The third kappa shape index (κ3) is 3.49. The predicted octanol–water partition coefficient (Wildman–Crippen LogP) is 3.61. The van der Waals surface area contributed by atoms with Crippen LogP contribution in [0.3, 0.4) is 0 Å². The number of fused-ring (bicyclic) bond motifs is 2. The number of amides is 1. The molecule has 33 heavy (non-hydrogen) atoms. The zero-order valence-electron chi connectivity index (χ0n) is 18.7. The van der Waals surface area contributed by atoms with Crippen molar-refractivity contribution in [2.75, 3.05) is 0 Å². The van der Waals surface area contributed by atoms with Crippen LogP contribution in [0.25, 0.3) is 27.5 Å². The number of benzene rings is 2. The number of aromatic amines is 1. The lowest BCUT2D eigenvalue weighted by Crippen LogP contribution is -2.25. The molecule has 2 N–H and O–H groups in total. The van der Waals surface area contributed by atoms with E-state index < -0.39 is 0 Å². The fourth-order valence-corrected chi connectivity index (χ4v) is 4.27. The van der Waals surface area contributed by atoms with Crippen LogP contribution in [0.1, 0.15) is 34.4 Å². The molecule has 0 fully saturated rings. The van der Waals surface area contributed by atoms with Crippen molar-refractivity contribution < 1.29 is 4.79 Å². The Balaban J connectivity index is 1.54. The molecule has 0 saturated carbocycles. The standard InChI is InChI=1S/C25H24N6O2/c1-4-30-20(11-12-27-30)14-26-24(32)21-15(2)23-25(33)28-22(16(3)31(23)29-21)19-10-9-17-7-5-6-8-18(17)13-19/h5-13H,4,14H2,1-3H3,(H,26,32)(H,28,33). The predicted molar refractivity (Wildman–Crippen MR) is 127 cm³/mol. The molecule has 0 aliphatic carbocycles. The van der Waals surface area contributed by atoms with Gasteiger partial charge in [0.15, 0.2) is 5.69 Å². The Hall–Kier alpha value is -4.20. The van der Waals surface area contributed by atoms with Gasteiger partial charge in [-0.1, -0.05) is 36.4 Å². The third-order valence-corrected chi connectivity index (χ3v) is 6.04. The fourth-order valence-electron chi connectivity index (χ4n) is 4.27. The quantitative estimate of drug-likeness (QED) is 0.436. The minimum Gasteiger partial charge on any atom is -0.345 e. The van der Waals surface area contributed by atoms with Crippen LogP contribution in [0.2, 0.25) is 0 Å². The number of H-pyrrole nitrogens is 1. The highest BCUT2D eigenvalue weighted by Gasteiger charge is 2.21. The summed E-state index contributed by atoms with van der Waals surface area (Å²) in [6.07, 6.45) is 1.71. The number of rotatable bonds is 5. The lowest BCUT2D eigenvalue weighted by molar-refractivity contribution is 0.0944. The molecule has 3 heterocycles. The summed E-state index contributed by atoms with van der Waals surface area (Å²) in [5.74, 6) is -0.328. The number of aryl methyl sites for hydroxylation is 3. The Bertz CT molecular complexity index is 1570. The van der Waals surface area contributed by atoms with Crippen molar-refractivity contribution in [3.8, 4) is 11.3 Å². The molecule has 0 aliphatic rings. The summed E-state index contributed by atoms with van der Waals surface area (Å²) in [7, 11) is 0. The second kappa shape index (κ2) is 8.05. The molecular weight excluding hydrogens is 416 g/mol. The Morgan fingerprint density at radius 3 is 2.67 bits per heavy atom. The summed E-state index contributed by atoms with van der Waals surface area (Å²) in [5.41, 5.74) is 4.10. The van der Waals surface area contributed by atoms with Crippen molar-refractivity contribution in [3.05, 3.63) is 87.7 Å². The maximum absolute atomic E-state index is 13.0. The SMILES string of the molecule is CCn1nccc1CNC(=O)c1nn2c(C)c(-c3ccc4ccccc4c3)[nH]c(=O)c2c1C. The van der Waals surface area contributed by atoms with Crippen LogP contribution in [0.4, 0.5) is 0 Å². The van der Waals surface area contributed by atoms with Gasteiger partial charge in [0.1, 0.15) is 5.52 Å². The van der Waals surface area contributed by atoms with Crippen LogP contribution in [0.15, 0.2) is 59.5 Å². The van der Waals surface area contributed by atoms with Gasteiger partial charge in [0.25, 0.3) is 11.5 Å². The van der Waals surface area contributed by atoms with E-state index in [1.807, 2.05) is 67.1 Å². The second-order valence-corrected chi connectivity index (χ2v) is 8.03. The summed E-state index contributed by atoms with van der Waals surface area (Å²) >= 11 is 0. The summed E-state index contributed by atoms with van der Waals surface area (Å²) in [6, 6.07) is 16.0. The number of carbonyl (C=O) groups excluding carboxylic acids is 1. The average molecular weight is 441 g/mol. The molecule has 5 aromatic rings. The minimum atomic E-state index is -0.328. The van der Waals surface area contributed by atoms with Crippen molar-refractivity contribution >= 4 is 22.2 Å². The monoisotopic (exact) mass is 440 g/mol. The molecule has 3 aromatic heterocycles. The summed E-state index contributed by atoms with van der Waals surface area (Å²) in [5, 5.41) is 13.8. The highest BCUT2D eigenvalue weighted by molar-refractivity contribution is 5.95. The van der Waals surface area contributed by atoms with Gasteiger partial charge in [0, 0.05) is 23.9 Å². The van der Waals surface area contributed by atoms with Crippen molar-refractivity contribution in [3.63, 3.8) is 0 Å². The first-order chi connectivity index (χ1) is 16.0. The molecule has 5 rings (SSSR count). The average Bonchev–Trinajstić information content (AvgIpc) is 3.44. The van der Waals surface area contributed by atoms with E-state index in [1.165, 1.54) is 0 Å². The van der Waals surface area contributed by atoms with Crippen molar-refractivity contribution in [1.82, 2.24) is 29.7 Å². The van der Waals surface area contributed by atoms with Gasteiger partial charge in [-0.2, -0.15) is 10.2 Å². The molecular formula is C25H24N6O2. The highest BCUT2D eigenvalue weighted by Crippen LogP contribution is 2.26. The zero-order chi connectivity index (χ0) is 23.1. The maximum atomic E-state index is 13.0. The smallest absolute Gasteiger partial charge is 0.274 e. The van der Waals surface area contributed by atoms with Crippen molar-refractivity contribution in [2.45, 2.75) is 33.9 Å². The molecule has 8 nitrogen and oxygen atoms in total. The number of aromatic nitrogens is 5. The lowest BCUT2D eigenvalue weighted by atomic mass is 10.0. The van der Waals surface area contributed by atoms with Gasteiger partial charge in [0.05, 0.1) is 23.6 Å². The number of hydrogen-bond donors (Lipinski definition) is 2. The third-order valence-electron chi connectivity index (χ3n) is 6.04. The van der Waals surface area contributed by atoms with E-state index in [0.717, 1.165) is 34.3 Å². The Morgan fingerprint density at radius 2 is 1.88 bits per heavy atom. The molecule has 2 aromatic carbocycles. The largest absolute Gasteiger partial charge is 0.345 e. The molecule has 0 spiro atoms.